The molecule has 0 saturated carbocycles. The van der Waals surface area contributed by atoms with Crippen LogP contribution in [0.4, 0.5) is 0 Å². The van der Waals surface area contributed by atoms with E-state index in [-0.39, 0.29) is 0 Å². The largest absolute Gasteiger partial charge is 0.0871 e. The predicted octanol–water partition coefficient (Wildman–Crippen LogP) is 6.85. The van der Waals surface area contributed by atoms with E-state index in [0.29, 0.717) is 5.92 Å². The van der Waals surface area contributed by atoms with E-state index in [1.165, 1.54) is 27.9 Å². The van der Waals surface area contributed by atoms with Crippen LogP contribution in [0, 0.1) is 5.92 Å². The van der Waals surface area contributed by atoms with Gasteiger partial charge >= 0.3 is 0 Å². The quantitative estimate of drug-likeness (QED) is 0.522. The molecule has 0 heterocycles. The van der Waals surface area contributed by atoms with E-state index in [2.05, 4.69) is 71.9 Å². The van der Waals surface area contributed by atoms with Gasteiger partial charge in [0, 0.05) is 0 Å². The van der Waals surface area contributed by atoms with Gasteiger partial charge in [-0.25, -0.2) is 0 Å². The summed E-state index contributed by atoms with van der Waals surface area (Å²) >= 11 is 0. The van der Waals surface area contributed by atoms with Gasteiger partial charge < -0.3 is 0 Å². The van der Waals surface area contributed by atoms with E-state index in [1.807, 2.05) is 0 Å². The first-order valence-electron chi connectivity index (χ1n) is 8.56. The van der Waals surface area contributed by atoms with Crippen LogP contribution in [0.15, 0.2) is 69.4 Å². The van der Waals surface area contributed by atoms with Gasteiger partial charge in [-0.15, -0.1) is 0 Å². The summed E-state index contributed by atoms with van der Waals surface area (Å²) in [5.41, 5.74) is 10.4. The van der Waals surface area contributed by atoms with Crippen molar-refractivity contribution >= 4 is 0 Å². The molecule has 0 fully saturated rings. The molecule has 2 rings (SSSR count). The van der Waals surface area contributed by atoms with E-state index in [1.54, 1.807) is 11.1 Å². The Morgan fingerprint density at radius 3 is 2.50 bits per heavy atom. The highest BCUT2D eigenvalue weighted by atomic mass is 14.2. The number of fused-ring (bicyclic) bond motifs is 1. The Morgan fingerprint density at radius 2 is 1.86 bits per heavy atom. The molecule has 22 heavy (non-hydrogen) atoms. The van der Waals surface area contributed by atoms with Gasteiger partial charge in [-0.2, -0.15) is 0 Å². The van der Waals surface area contributed by atoms with Crippen molar-refractivity contribution in [3.05, 3.63) is 69.4 Å². The second-order valence-corrected chi connectivity index (χ2v) is 6.88. The summed E-state index contributed by atoms with van der Waals surface area (Å²) in [5.74, 6) is 0.628. The SMILES string of the molecule is C/C=C\C1=CCC(C)=C2CCC(=C(\C)C(C)C)/C=C\C(C)=C\12. The summed E-state index contributed by atoms with van der Waals surface area (Å²) < 4.78 is 0. The Kier molecular flexibility index (Phi) is 5.45. The lowest BCUT2D eigenvalue weighted by Gasteiger charge is -2.25. The third kappa shape index (κ3) is 3.43. The molecule has 0 aromatic heterocycles. The first-order valence-corrected chi connectivity index (χ1v) is 8.56. The van der Waals surface area contributed by atoms with Crippen molar-refractivity contribution in [3.63, 3.8) is 0 Å². The highest BCUT2D eigenvalue weighted by Gasteiger charge is 2.20. The van der Waals surface area contributed by atoms with Crippen LogP contribution in [-0.2, 0) is 0 Å². The Labute approximate surface area is 136 Å². The van der Waals surface area contributed by atoms with Crippen LogP contribution in [0.1, 0.15) is 60.8 Å². The van der Waals surface area contributed by atoms with Gasteiger partial charge in [-0.3, -0.25) is 0 Å². The van der Waals surface area contributed by atoms with E-state index in [9.17, 15) is 0 Å². The Morgan fingerprint density at radius 1 is 1.14 bits per heavy atom. The van der Waals surface area contributed by atoms with E-state index in [0.717, 1.165) is 19.3 Å². The van der Waals surface area contributed by atoms with Crippen molar-refractivity contribution in [2.75, 3.05) is 0 Å². The van der Waals surface area contributed by atoms with E-state index in [4.69, 9.17) is 0 Å². The van der Waals surface area contributed by atoms with Crippen molar-refractivity contribution in [2.45, 2.75) is 60.8 Å². The normalized spacial score (nSPS) is 26.8. The maximum Gasteiger partial charge on any atom is -0.0126 e. The molecule has 0 bridgehead atoms. The molecule has 0 aromatic rings. The van der Waals surface area contributed by atoms with Crippen LogP contribution in [0.3, 0.4) is 0 Å². The van der Waals surface area contributed by atoms with Crippen LogP contribution >= 0.6 is 0 Å². The fraction of sp³-hybridized carbons (Fsp3) is 0.455. The minimum atomic E-state index is 0.628. The maximum atomic E-state index is 2.38. The first-order chi connectivity index (χ1) is 10.5. The zero-order chi connectivity index (χ0) is 16.3. The standard InChI is InChI=1S/C22H30/c1-7-8-20-12-9-16(4)21-14-13-19(18(6)15(2)3)11-10-17(5)22(20)21/h7-8,10-12,15H,9,13-14H2,1-6H3/b8-7-,11-10-,19-18+,22-17-. The first kappa shape index (κ1) is 16.8. The van der Waals surface area contributed by atoms with Crippen LogP contribution < -0.4 is 0 Å². The summed E-state index contributed by atoms with van der Waals surface area (Å²) in [6, 6.07) is 0. The molecular formula is C22H30. The zero-order valence-electron chi connectivity index (χ0n) is 15.1. The summed E-state index contributed by atoms with van der Waals surface area (Å²) in [6.07, 6.45) is 14.9. The molecule has 0 nitrogen and oxygen atoms in total. The van der Waals surface area contributed by atoms with Crippen molar-refractivity contribution in [1.29, 1.82) is 0 Å². The lowest BCUT2D eigenvalue weighted by atomic mass is 9.79. The molecular weight excluding hydrogens is 264 g/mol. The number of allylic oxidation sites excluding steroid dienone is 12. The van der Waals surface area contributed by atoms with Crippen molar-refractivity contribution in [2.24, 2.45) is 5.92 Å². The minimum absolute atomic E-state index is 0.628. The monoisotopic (exact) mass is 294 g/mol. The summed E-state index contributed by atoms with van der Waals surface area (Å²) in [7, 11) is 0. The average molecular weight is 294 g/mol. The van der Waals surface area contributed by atoms with E-state index >= 15 is 0 Å². The number of rotatable bonds is 2. The van der Waals surface area contributed by atoms with Gasteiger partial charge in [0.2, 0.25) is 0 Å². The highest BCUT2D eigenvalue weighted by Crippen LogP contribution is 2.38. The molecule has 0 aromatic carbocycles. The topological polar surface area (TPSA) is 0 Å². The van der Waals surface area contributed by atoms with Crippen LogP contribution in [0.25, 0.3) is 0 Å². The second kappa shape index (κ2) is 7.13. The third-order valence-electron chi connectivity index (χ3n) is 5.03. The molecule has 0 unspecified atom stereocenters. The fourth-order valence-electron chi connectivity index (χ4n) is 3.36. The van der Waals surface area contributed by atoms with Crippen LogP contribution in [0.5, 0.6) is 0 Å². The van der Waals surface area contributed by atoms with Crippen molar-refractivity contribution in [3.8, 4) is 0 Å². The molecule has 0 heteroatoms. The second-order valence-electron chi connectivity index (χ2n) is 6.88. The van der Waals surface area contributed by atoms with Gasteiger partial charge in [0.25, 0.3) is 0 Å². The third-order valence-corrected chi connectivity index (χ3v) is 5.03. The Balaban J connectivity index is 2.55. The molecule has 118 valence electrons. The highest BCUT2D eigenvalue weighted by molar-refractivity contribution is 5.61. The molecule has 0 spiro atoms. The average Bonchev–Trinajstić information content (AvgIpc) is 2.47. The van der Waals surface area contributed by atoms with Gasteiger partial charge in [0.1, 0.15) is 0 Å². The molecule has 2 aliphatic carbocycles. The lowest BCUT2D eigenvalue weighted by Crippen LogP contribution is -2.07. The van der Waals surface area contributed by atoms with Crippen LogP contribution in [0.2, 0.25) is 0 Å². The maximum absolute atomic E-state index is 2.38. The fourth-order valence-corrected chi connectivity index (χ4v) is 3.36. The molecule has 0 atom stereocenters. The van der Waals surface area contributed by atoms with Crippen molar-refractivity contribution < 1.29 is 0 Å². The van der Waals surface area contributed by atoms with Gasteiger partial charge in [-0.05, 0) is 80.7 Å². The van der Waals surface area contributed by atoms with Crippen molar-refractivity contribution in [1.82, 2.24) is 0 Å². The van der Waals surface area contributed by atoms with Gasteiger partial charge in [-0.1, -0.05) is 55.4 Å². The summed E-state index contributed by atoms with van der Waals surface area (Å²) in [4.78, 5) is 0. The summed E-state index contributed by atoms with van der Waals surface area (Å²) in [6.45, 7) is 13.5. The molecule has 0 N–H and O–H groups in total. The molecule has 2 aliphatic rings. The number of hydrogen-bond donors (Lipinski definition) is 0. The smallest absolute Gasteiger partial charge is 0.0126 e. The van der Waals surface area contributed by atoms with E-state index < -0.39 is 0 Å². The predicted molar refractivity (Wildman–Crippen MR) is 98.8 cm³/mol. The Hall–Kier alpha value is -1.56. The van der Waals surface area contributed by atoms with Crippen LogP contribution in [-0.4, -0.2) is 0 Å². The lowest BCUT2D eigenvalue weighted by molar-refractivity contribution is 0.746. The molecule has 0 radical (unpaired) electrons. The molecule has 0 saturated heterocycles. The molecule has 0 amide bonds. The molecule has 0 aliphatic heterocycles. The zero-order valence-corrected chi connectivity index (χ0v) is 15.1. The minimum Gasteiger partial charge on any atom is -0.0871 e. The van der Waals surface area contributed by atoms with Gasteiger partial charge in [0.05, 0.1) is 0 Å². The summed E-state index contributed by atoms with van der Waals surface area (Å²) in [5, 5.41) is 0. The Bertz CT molecular complexity index is 625. The number of hydrogen-bond acceptors (Lipinski definition) is 0. The van der Waals surface area contributed by atoms with Gasteiger partial charge in [0.15, 0.2) is 0 Å².